The first-order valence-corrected chi connectivity index (χ1v) is 10.8. The molecule has 1 aromatic carbocycles. The van der Waals surface area contributed by atoms with E-state index in [0.717, 1.165) is 32.1 Å². The number of imide groups is 1. The number of carbonyl (C=O) groups excluding carboxylic acids is 3. The summed E-state index contributed by atoms with van der Waals surface area (Å²) in [6, 6.07) is 9.32. The summed E-state index contributed by atoms with van der Waals surface area (Å²) < 4.78 is 0. The fourth-order valence-corrected chi connectivity index (χ4v) is 5.39. The molecule has 1 N–H and O–H groups in total. The van der Waals surface area contributed by atoms with E-state index in [1.165, 1.54) is 17.7 Å². The third-order valence-corrected chi connectivity index (χ3v) is 6.93. The van der Waals surface area contributed by atoms with E-state index in [2.05, 4.69) is 5.32 Å². The fraction of sp³-hybridized carbons (Fsp3) is 0.609. The highest BCUT2D eigenvalue weighted by Crippen LogP contribution is 2.46. The summed E-state index contributed by atoms with van der Waals surface area (Å²) in [4.78, 5) is 40.9. The average Bonchev–Trinajstić information content (AvgIpc) is 2.85. The lowest BCUT2D eigenvalue weighted by Gasteiger charge is -2.34. The van der Waals surface area contributed by atoms with Crippen molar-refractivity contribution in [3.8, 4) is 0 Å². The summed E-state index contributed by atoms with van der Waals surface area (Å²) in [6.45, 7) is 2.04. The smallest absolute Gasteiger partial charge is 0.238 e. The molecule has 0 spiro atoms. The maximum Gasteiger partial charge on any atom is 0.238 e. The number of nitrogens with zero attached hydrogens (tertiary/aromatic N) is 1. The topological polar surface area (TPSA) is 66.5 Å². The van der Waals surface area contributed by atoms with Crippen molar-refractivity contribution in [3.63, 3.8) is 0 Å². The molecule has 1 aromatic rings. The van der Waals surface area contributed by atoms with Crippen LogP contribution >= 0.6 is 0 Å². The number of anilines is 1. The van der Waals surface area contributed by atoms with Gasteiger partial charge >= 0.3 is 0 Å². The van der Waals surface area contributed by atoms with Crippen LogP contribution in [0.3, 0.4) is 0 Å². The van der Waals surface area contributed by atoms with Crippen molar-refractivity contribution in [3.05, 3.63) is 30.3 Å². The summed E-state index contributed by atoms with van der Waals surface area (Å²) in [5.41, 5.74) is 0.613. The third-order valence-electron chi connectivity index (χ3n) is 6.93. The zero-order valence-corrected chi connectivity index (χ0v) is 16.6. The van der Waals surface area contributed by atoms with Crippen molar-refractivity contribution < 1.29 is 14.4 Å². The van der Waals surface area contributed by atoms with Crippen LogP contribution in [0.25, 0.3) is 0 Å². The molecule has 5 nitrogen and oxygen atoms in total. The summed E-state index contributed by atoms with van der Waals surface area (Å²) in [6.07, 6.45) is 8.30. The maximum absolute atomic E-state index is 13.3. The van der Waals surface area contributed by atoms with Gasteiger partial charge in [0.05, 0.1) is 23.4 Å². The van der Waals surface area contributed by atoms with Gasteiger partial charge in [0, 0.05) is 6.04 Å². The molecule has 4 rings (SSSR count). The van der Waals surface area contributed by atoms with Crippen LogP contribution in [-0.2, 0) is 14.4 Å². The molecule has 3 fully saturated rings. The minimum absolute atomic E-state index is 0.0233. The first-order chi connectivity index (χ1) is 13.6. The van der Waals surface area contributed by atoms with Crippen LogP contribution in [0.15, 0.2) is 30.3 Å². The third kappa shape index (κ3) is 3.47. The molecular formula is C23H30N2O3. The Kier molecular flexibility index (Phi) is 5.51. The van der Waals surface area contributed by atoms with Gasteiger partial charge in [-0.05, 0) is 43.7 Å². The molecule has 4 atom stereocenters. The Bertz CT molecular complexity index is 739. The quantitative estimate of drug-likeness (QED) is 0.641. The highest BCUT2D eigenvalue weighted by atomic mass is 16.2. The number of amides is 3. The number of rotatable bonds is 3. The van der Waals surface area contributed by atoms with Crippen LogP contribution in [-0.4, -0.2) is 23.8 Å². The average molecular weight is 383 g/mol. The molecule has 28 heavy (non-hydrogen) atoms. The molecule has 2 saturated carbocycles. The molecule has 0 unspecified atom stereocenters. The molecule has 2 aliphatic carbocycles. The van der Waals surface area contributed by atoms with Crippen LogP contribution in [0.1, 0.15) is 58.3 Å². The summed E-state index contributed by atoms with van der Waals surface area (Å²) in [5, 5.41) is 3.23. The van der Waals surface area contributed by atoms with Crippen molar-refractivity contribution in [1.29, 1.82) is 0 Å². The predicted molar refractivity (Wildman–Crippen MR) is 107 cm³/mol. The second-order valence-corrected chi connectivity index (χ2v) is 8.76. The van der Waals surface area contributed by atoms with Crippen molar-refractivity contribution in [2.45, 2.75) is 64.3 Å². The van der Waals surface area contributed by atoms with Gasteiger partial charge < -0.3 is 5.32 Å². The van der Waals surface area contributed by atoms with Gasteiger partial charge in [-0.15, -0.1) is 0 Å². The second-order valence-electron chi connectivity index (χ2n) is 8.76. The van der Waals surface area contributed by atoms with Gasteiger partial charge in [0.25, 0.3) is 0 Å². The molecule has 5 heteroatoms. The Morgan fingerprint density at radius 2 is 1.54 bits per heavy atom. The van der Waals surface area contributed by atoms with Crippen LogP contribution in [0.4, 0.5) is 5.69 Å². The molecular weight excluding hydrogens is 352 g/mol. The van der Waals surface area contributed by atoms with Gasteiger partial charge in [0.15, 0.2) is 0 Å². The molecule has 1 aliphatic heterocycles. The molecule has 1 saturated heterocycles. The largest absolute Gasteiger partial charge is 0.353 e. The Morgan fingerprint density at radius 1 is 0.893 bits per heavy atom. The van der Waals surface area contributed by atoms with Crippen LogP contribution < -0.4 is 10.2 Å². The lowest BCUT2D eigenvalue weighted by atomic mass is 9.68. The highest BCUT2D eigenvalue weighted by Gasteiger charge is 2.56. The summed E-state index contributed by atoms with van der Waals surface area (Å²) >= 11 is 0. The predicted octanol–water partition coefficient (Wildman–Crippen LogP) is 3.68. The van der Waals surface area contributed by atoms with Gasteiger partial charge in [-0.2, -0.15) is 0 Å². The van der Waals surface area contributed by atoms with Gasteiger partial charge in [0.1, 0.15) is 0 Å². The standard InChI is InChI=1S/C23H30N2O3/c1-15-13-14-18(21(26)24-16-9-5-2-3-6-10-16)20-19(15)22(27)25(23(20)28)17-11-7-4-8-12-17/h4,7-8,11-12,15-16,18-20H,2-3,5-6,9-10,13-14H2,1H3,(H,24,26)/t15-,18+,19-,20+/m1/s1. The number of fused-ring (bicyclic) bond motifs is 1. The van der Waals surface area contributed by atoms with Gasteiger partial charge in [-0.3, -0.25) is 19.3 Å². The van der Waals surface area contributed by atoms with E-state index in [9.17, 15) is 14.4 Å². The van der Waals surface area contributed by atoms with E-state index in [0.29, 0.717) is 12.1 Å². The van der Waals surface area contributed by atoms with Gasteiger partial charge in [-0.25, -0.2) is 0 Å². The first-order valence-electron chi connectivity index (χ1n) is 10.8. The molecule has 0 bridgehead atoms. The SMILES string of the molecule is C[C@@H]1CC[C@H](C(=O)NC2CCCCCC2)[C@@H]2C(=O)N(c3ccccc3)C(=O)[C@@H]21. The van der Waals surface area contributed by atoms with E-state index in [1.807, 2.05) is 25.1 Å². The van der Waals surface area contributed by atoms with Crippen molar-refractivity contribution in [2.24, 2.45) is 23.7 Å². The second kappa shape index (κ2) is 8.06. The maximum atomic E-state index is 13.3. The van der Waals surface area contributed by atoms with Crippen LogP contribution in [0.2, 0.25) is 0 Å². The number of hydrogen-bond acceptors (Lipinski definition) is 3. The Hall–Kier alpha value is -2.17. The molecule has 1 heterocycles. The van der Waals surface area contributed by atoms with Crippen molar-refractivity contribution in [2.75, 3.05) is 4.90 Å². The van der Waals surface area contributed by atoms with E-state index < -0.39 is 11.8 Å². The number of benzene rings is 1. The van der Waals surface area contributed by atoms with E-state index >= 15 is 0 Å². The number of hydrogen-bond donors (Lipinski definition) is 1. The lowest BCUT2D eigenvalue weighted by molar-refractivity contribution is -0.137. The number of para-hydroxylation sites is 1. The monoisotopic (exact) mass is 382 g/mol. The minimum Gasteiger partial charge on any atom is -0.353 e. The number of carbonyl (C=O) groups is 3. The van der Waals surface area contributed by atoms with Crippen molar-refractivity contribution in [1.82, 2.24) is 5.32 Å². The molecule has 3 amide bonds. The molecule has 3 aliphatic rings. The molecule has 0 radical (unpaired) electrons. The lowest BCUT2D eigenvalue weighted by Crippen LogP contribution is -2.46. The zero-order valence-electron chi connectivity index (χ0n) is 16.6. The normalized spacial score (nSPS) is 31.4. The fourth-order valence-electron chi connectivity index (χ4n) is 5.39. The van der Waals surface area contributed by atoms with Crippen LogP contribution in [0, 0.1) is 23.7 Å². The van der Waals surface area contributed by atoms with E-state index in [4.69, 9.17) is 0 Å². The first kappa shape index (κ1) is 19.2. The summed E-state index contributed by atoms with van der Waals surface area (Å²) in [5.74, 6) is -1.54. The number of nitrogens with one attached hydrogen (secondary N) is 1. The van der Waals surface area contributed by atoms with Gasteiger partial charge in [0.2, 0.25) is 17.7 Å². The Morgan fingerprint density at radius 3 is 2.21 bits per heavy atom. The van der Waals surface area contributed by atoms with E-state index in [-0.39, 0.29) is 35.6 Å². The van der Waals surface area contributed by atoms with E-state index in [1.54, 1.807) is 12.1 Å². The molecule has 150 valence electrons. The molecule has 0 aromatic heterocycles. The highest BCUT2D eigenvalue weighted by molar-refractivity contribution is 6.23. The summed E-state index contributed by atoms with van der Waals surface area (Å²) in [7, 11) is 0. The zero-order chi connectivity index (χ0) is 19.7. The minimum atomic E-state index is -0.526. The van der Waals surface area contributed by atoms with Gasteiger partial charge in [-0.1, -0.05) is 50.8 Å². The van der Waals surface area contributed by atoms with Crippen LogP contribution in [0.5, 0.6) is 0 Å². The Balaban J connectivity index is 1.56. The Labute approximate surface area is 166 Å². The van der Waals surface area contributed by atoms with Crippen molar-refractivity contribution >= 4 is 23.4 Å².